The summed E-state index contributed by atoms with van der Waals surface area (Å²) in [6.45, 7) is -0.274. The third kappa shape index (κ3) is 5.43. The Morgan fingerprint density at radius 2 is 1.70 bits per heavy atom. The van der Waals surface area contributed by atoms with E-state index in [1.165, 1.54) is 36.4 Å². The fourth-order valence-corrected chi connectivity index (χ4v) is 1.98. The Labute approximate surface area is 141 Å². The Morgan fingerprint density at radius 3 is 2.39 bits per heavy atom. The maximum absolute atomic E-state index is 13.0. The number of amides is 3. The molecule has 0 unspecified atom stereocenters. The van der Waals surface area contributed by atoms with Crippen LogP contribution in [-0.2, 0) is 4.79 Å². The molecule has 2 aromatic carbocycles. The second-order valence-electron chi connectivity index (χ2n) is 4.50. The van der Waals surface area contributed by atoms with Crippen LogP contribution < -0.4 is 16.0 Å². The zero-order chi connectivity index (χ0) is 16.8. The van der Waals surface area contributed by atoms with E-state index in [1.54, 1.807) is 6.07 Å². The SMILES string of the molecule is O=C(CNC(=O)Nc1ccc(Cl)c(Cl)c1)Nc1cccc(F)c1. The van der Waals surface area contributed by atoms with Gasteiger partial charge in [0, 0.05) is 11.4 Å². The van der Waals surface area contributed by atoms with Crippen molar-refractivity contribution in [3.05, 3.63) is 58.3 Å². The first-order valence-electron chi connectivity index (χ1n) is 6.49. The van der Waals surface area contributed by atoms with Gasteiger partial charge in [-0.1, -0.05) is 29.3 Å². The number of benzene rings is 2. The number of hydrogen-bond acceptors (Lipinski definition) is 2. The van der Waals surface area contributed by atoms with Crippen molar-refractivity contribution in [1.29, 1.82) is 0 Å². The molecule has 0 radical (unpaired) electrons. The predicted octanol–water partition coefficient (Wildman–Crippen LogP) is 3.89. The van der Waals surface area contributed by atoms with E-state index in [-0.39, 0.29) is 6.54 Å². The minimum Gasteiger partial charge on any atom is -0.329 e. The summed E-state index contributed by atoms with van der Waals surface area (Å²) >= 11 is 11.6. The molecule has 0 bridgehead atoms. The molecule has 0 heterocycles. The molecule has 3 amide bonds. The largest absolute Gasteiger partial charge is 0.329 e. The van der Waals surface area contributed by atoms with Crippen molar-refractivity contribution in [2.24, 2.45) is 0 Å². The highest BCUT2D eigenvalue weighted by atomic mass is 35.5. The van der Waals surface area contributed by atoms with E-state index in [1.807, 2.05) is 0 Å². The molecule has 120 valence electrons. The minimum absolute atomic E-state index is 0.274. The van der Waals surface area contributed by atoms with Crippen LogP contribution in [0.1, 0.15) is 0 Å². The predicted molar refractivity (Wildman–Crippen MR) is 88.5 cm³/mol. The van der Waals surface area contributed by atoms with E-state index in [2.05, 4.69) is 16.0 Å². The van der Waals surface area contributed by atoms with Gasteiger partial charge in [0.05, 0.1) is 16.6 Å². The zero-order valence-electron chi connectivity index (χ0n) is 11.7. The molecule has 8 heteroatoms. The minimum atomic E-state index is -0.585. The first-order valence-corrected chi connectivity index (χ1v) is 7.25. The molecule has 0 atom stereocenters. The van der Waals surface area contributed by atoms with Gasteiger partial charge in [0.2, 0.25) is 5.91 Å². The van der Waals surface area contributed by atoms with Crippen molar-refractivity contribution in [2.45, 2.75) is 0 Å². The smallest absolute Gasteiger partial charge is 0.319 e. The number of urea groups is 1. The lowest BCUT2D eigenvalue weighted by Crippen LogP contribution is -2.35. The molecule has 0 saturated carbocycles. The van der Waals surface area contributed by atoms with Gasteiger partial charge in [-0.05, 0) is 36.4 Å². The highest BCUT2D eigenvalue weighted by molar-refractivity contribution is 6.42. The van der Waals surface area contributed by atoms with E-state index in [4.69, 9.17) is 23.2 Å². The lowest BCUT2D eigenvalue weighted by molar-refractivity contribution is -0.115. The summed E-state index contributed by atoms with van der Waals surface area (Å²) in [7, 11) is 0. The van der Waals surface area contributed by atoms with Crippen molar-refractivity contribution >= 4 is 46.5 Å². The lowest BCUT2D eigenvalue weighted by atomic mass is 10.3. The number of nitrogens with one attached hydrogen (secondary N) is 3. The molecule has 0 aromatic heterocycles. The van der Waals surface area contributed by atoms with Crippen molar-refractivity contribution in [1.82, 2.24) is 5.32 Å². The topological polar surface area (TPSA) is 70.2 Å². The fraction of sp³-hybridized carbons (Fsp3) is 0.0667. The van der Waals surface area contributed by atoms with Crippen LogP contribution >= 0.6 is 23.2 Å². The first kappa shape index (κ1) is 17.1. The lowest BCUT2D eigenvalue weighted by Gasteiger charge is -2.09. The third-order valence-electron chi connectivity index (χ3n) is 2.70. The molecule has 0 aliphatic rings. The van der Waals surface area contributed by atoms with Crippen LogP contribution in [0.3, 0.4) is 0 Å². The molecule has 0 aliphatic carbocycles. The summed E-state index contributed by atoms with van der Waals surface area (Å²) in [6, 6.07) is 9.45. The number of anilines is 2. The highest BCUT2D eigenvalue weighted by Crippen LogP contribution is 2.24. The number of halogens is 3. The van der Waals surface area contributed by atoms with Crippen molar-refractivity contribution in [3.63, 3.8) is 0 Å². The normalized spacial score (nSPS) is 10.0. The van der Waals surface area contributed by atoms with E-state index in [0.717, 1.165) is 0 Å². The Kier molecular flexibility index (Phi) is 5.78. The van der Waals surface area contributed by atoms with Crippen LogP contribution in [-0.4, -0.2) is 18.5 Å². The number of rotatable bonds is 4. The number of carbonyl (C=O) groups excluding carboxylic acids is 2. The van der Waals surface area contributed by atoms with Gasteiger partial charge in [-0.15, -0.1) is 0 Å². The molecule has 5 nitrogen and oxygen atoms in total. The second-order valence-corrected chi connectivity index (χ2v) is 5.31. The molecule has 2 aromatic rings. The van der Waals surface area contributed by atoms with Gasteiger partial charge in [0.15, 0.2) is 0 Å². The van der Waals surface area contributed by atoms with E-state index < -0.39 is 17.8 Å². The molecule has 0 aliphatic heterocycles. The van der Waals surface area contributed by atoms with Gasteiger partial charge in [-0.3, -0.25) is 4.79 Å². The molecular formula is C15H12Cl2FN3O2. The van der Waals surface area contributed by atoms with Crippen molar-refractivity contribution < 1.29 is 14.0 Å². The van der Waals surface area contributed by atoms with Crippen molar-refractivity contribution in [2.75, 3.05) is 17.2 Å². The maximum Gasteiger partial charge on any atom is 0.319 e. The molecule has 23 heavy (non-hydrogen) atoms. The second kappa shape index (κ2) is 7.80. The van der Waals surface area contributed by atoms with Gasteiger partial charge < -0.3 is 16.0 Å². The van der Waals surface area contributed by atoms with Crippen LogP contribution in [0.4, 0.5) is 20.6 Å². The van der Waals surface area contributed by atoms with Crippen LogP contribution in [0.5, 0.6) is 0 Å². The average Bonchev–Trinajstić information content (AvgIpc) is 2.49. The van der Waals surface area contributed by atoms with Gasteiger partial charge >= 0.3 is 6.03 Å². The molecule has 0 fully saturated rings. The van der Waals surface area contributed by atoms with Crippen LogP contribution in [0, 0.1) is 5.82 Å². The summed E-state index contributed by atoms with van der Waals surface area (Å²) in [6.07, 6.45) is 0. The van der Waals surface area contributed by atoms with Gasteiger partial charge in [-0.25, -0.2) is 9.18 Å². The molecular weight excluding hydrogens is 344 g/mol. The zero-order valence-corrected chi connectivity index (χ0v) is 13.2. The van der Waals surface area contributed by atoms with Crippen LogP contribution in [0.25, 0.3) is 0 Å². The molecule has 0 spiro atoms. The first-order chi connectivity index (χ1) is 10.9. The molecule has 2 rings (SSSR count). The maximum atomic E-state index is 13.0. The average molecular weight is 356 g/mol. The Balaban J connectivity index is 1.81. The Bertz CT molecular complexity index is 740. The Hall–Kier alpha value is -2.31. The summed E-state index contributed by atoms with van der Waals surface area (Å²) in [5.41, 5.74) is 0.740. The monoisotopic (exact) mass is 355 g/mol. The van der Waals surface area contributed by atoms with Gasteiger partial charge in [0.25, 0.3) is 0 Å². The fourth-order valence-electron chi connectivity index (χ4n) is 1.68. The molecule has 0 saturated heterocycles. The van der Waals surface area contributed by atoms with Gasteiger partial charge in [0.1, 0.15) is 5.82 Å². The quantitative estimate of drug-likeness (QED) is 0.778. The third-order valence-corrected chi connectivity index (χ3v) is 3.43. The molecule has 3 N–H and O–H groups in total. The van der Waals surface area contributed by atoms with E-state index >= 15 is 0 Å². The number of carbonyl (C=O) groups is 2. The standard InChI is InChI=1S/C15H12Cl2FN3O2/c16-12-5-4-11(7-13(12)17)21-15(23)19-8-14(22)20-10-3-1-2-9(18)6-10/h1-7H,8H2,(H,20,22)(H2,19,21,23). The summed E-state index contributed by atoms with van der Waals surface area (Å²) in [5.74, 6) is -0.951. The summed E-state index contributed by atoms with van der Waals surface area (Å²) < 4.78 is 13.0. The van der Waals surface area contributed by atoms with E-state index in [9.17, 15) is 14.0 Å². The van der Waals surface area contributed by atoms with Gasteiger partial charge in [-0.2, -0.15) is 0 Å². The number of hydrogen-bond donors (Lipinski definition) is 3. The van der Waals surface area contributed by atoms with E-state index in [0.29, 0.717) is 21.4 Å². The van der Waals surface area contributed by atoms with Crippen LogP contribution in [0.15, 0.2) is 42.5 Å². The summed E-state index contributed by atoms with van der Waals surface area (Å²) in [4.78, 5) is 23.3. The van der Waals surface area contributed by atoms with Crippen molar-refractivity contribution in [3.8, 4) is 0 Å². The highest BCUT2D eigenvalue weighted by Gasteiger charge is 2.07. The summed E-state index contributed by atoms with van der Waals surface area (Å²) in [5, 5.41) is 8.00. The Morgan fingerprint density at radius 1 is 0.957 bits per heavy atom. The van der Waals surface area contributed by atoms with Crippen LogP contribution in [0.2, 0.25) is 10.0 Å².